The minimum Gasteiger partial charge on any atom is -0.330 e. The van der Waals surface area contributed by atoms with Gasteiger partial charge in [0.1, 0.15) is 0 Å². The summed E-state index contributed by atoms with van der Waals surface area (Å²) in [5, 5.41) is 0. The van der Waals surface area contributed by atoms with Crippen molar-refractivity contribution in [2.45, 2.75) is 26.2 Å². The summed E-state index contributed by atoms with van der Waals surface area (Å²) in [7, 11) is 0. The molecule has 1 heterocycles. The number of rotatable bonds is 4. The molecule has 1 rings (SSSR count). The monoisotopic (exact) mass is 182 g/mol. The Morgan fingerprint density at radius 3 is 2.62 bits per heavy atom. The summed E-state index contributed by atoms with van der Waals surface area (Å²) in [6, 6.07) is 0. The van der Waals surface area contributed by atoms with Crippen molar-refractivity contribution in [1.29, 1.82) is 0 Å². The number of nitrogens with two attached hydrogens (primary N) is 1. The SMILES string of the molecule is CCN1CCC(/C=C\CCN)CC1. The van der Waals surface area contributed by atoms with Crippen LogP contribution in [0, 0.1) is 5.92 Å². The molecule has 76 valence electrons. The summed E-state index contributed by atoms with van der Waals surface area (Å²) in [6.07, 6.45) is 8.30. The van der Waals surface area contributed by atoms with Crippen LogP contribution in [0.3, 0.4) is 0 Å². The molecule has 1 aliphatic heterocycles. The number of likely N-dealkylation sites (tertiary alicyclic amines) is 1. The van der Waals surface area contributed by atoms with Crippen LogP contribution in [-0.4, -0.2) is 31.1 Å². The maximum absolute atomic E-state index is 5.43. The first kappa shape index (κ1) is 10.7. The second-order valence-corrected chi connectivity index (χ2v) is 3.78. The Balaban J connectivity index is 2.17. The maximum atomic E-state index is 5.43. The highest BCUT2D eigenvalue weighted by Crippen LogP contribution is 2.17. The molecular weight excluding hydrogens is 160 g/mol. The number of hydrogen-bond acceptors (Lipinski definition) is 2. The summed E-state index contributed by atoms with van der Waals surface area (Å²) in [6.45, 7) is 6.77. The van der Waals surface area contributed by atoms with Gasteiger partial charge in [-0.2, -0.15) is 0 Å². The van der Waals surface area contributed by atoms with Gasteiger partial charge in [0.2, 0.25) is 0 Å². The third kappa shape index (κ3) is 3.92. The molecule has 0 radical (unpaired) electrons. The van der Waals surface area contributed by atoms with Crippen LogP contribution in [0.25, 0.3) is 0 Å². The van der Waals surface area contributed by atoms with Crippen molar-refractivity contribution in [2.75, 3.05) is 26.2 Å². The van der Waals surface area contributed by atoms with Crippen LogP contribution in [0.2, 0.25) is 0 Å². The van der Waals surface area contributed by atoms with Crippen molar-refractivity contribution in [2.24, 2.45) is 11.7 Å². The number of allylic oxidation sites excluding steroid dienone is 1. The lowest BCUT2D eigenvalue weighted by Gasteiger charge is -2.29. The fourth-order valence-corrected chi connectivity index (χ4v) is 1.85. The van der Waals surface area contributed by atoms with Crippen LogP contribution in [0.1, 0.15) is 26.2 Å². The zero-order valence-corrected chi connectivity index (χ0v) is 8.71. The minimum atomic E-state index is 0.782. The number of hydrogen-bond donors (Lipinski definition) is 1. The van der Waals surface area contributed by atoms with Gasteiger partial charge in [-0.05, 0) is 51.4 Å². The summed E-state index contributed by atoms with van der Waals surface area (Å²) in [5.74, 6) is 0.814. The van der Waals surface area contributed by atoms with Gasteiger partial charge in [-0.25, -0.2) is 0 Å². The molecule has 0 aliphatic carbocycles. The molecule has 0 atom stereocenters. The molecule has 2 N–H and O–H groups in total. The van der Waals surface area contributed by atoms with E-state index in [4.69, 9.17) is 5.73 Å². The summed E-state index contributed by atoms with van der Waals surface area (Å²) in [5.41, 5.74) is 5.43. The van der Waals surface area contributed by atoms with Gasteiger partial charge in [0.15, 0.2) is 0 Å². The highest BCUT2D eigenvalue weighted by Gasteiger charge is 2.14. The Morgan fingerprint density at radius 1 is 1.38 bits per heavy atom. The Labute approximate surface area is 81.8 Å². The second kappa shape index (κ2) is 6.17. The topological polar surface area (TPSA) is 29.3 Å². The van der Waals surface area contributed by atoms with E-state index in [1.807, 2.05) is 0 Å². The van der Waals surface area contributed by atoms with Crippen LogP contribution < -0.4 is 5.73 Å². The van der Waals surface area contributed by atoms with Crippen LogP contribution in [0.5, 0.6) is 0 Å². The first-order valence-corrected chi connectivity index (χ1v) is 5.46. The van der Waals surface area contributed by atoms with Gasteiger partial charge < -0.3 is 10.6 Å². The molecular formula is C11H22N2. The molecule has 1 saturated heterocycles. The first-order chi connectivity index (χ1) is 6.36. The normalized spacial score (nSPS) is 21.4. The average molecular weight is 182 g/mol. The van der Waals surface area contributed by atoms with Gasteiger partial charge in [-0.1, -0.05) is 19.1 Å². The molecule has 0 amide bonds. The molecule has 1 fully saturated rings. The van der Waals surface area contributed by atoms with Gasteiger partial charge in [-0.15, -0.1) is 0 Å². The van der Waals surface area contributed by atoms with Crippen molar-refractivity contribution in [1.82, 2.24) is 4.90 Å². The molecule has 0 saturated carbocycles. The third-order valence-electron chi connectivity index (χ3n) is 2.82. The van der Waals surface area contributed by atoms with Gasteiger partial charge in [-0.3, -0.25) is 0 Å². The van der Waals surface area contributed by atoms with Crippen molar-refractivity contribution in [3.63, 3.8) is 0 Å². The highest BCUT2D eigenvalue weighted by atomic mass is 15.1. The van der Waals surface area contributed by atoms with Crippen LogP contribution in [0.4, 0.5) is 0 Å². The third-order valence-corrected chi connectivity index (χ3v) is 2.82. The molecule has 0 bridgehead atoms. The predicted octanol–water partition coefficient (Wildman–Crippen LogP) is 1.62. The lowest BCUT2D eigenvalue weighted by molar-refractivity contribution is 0.212. The second-order valence-electron chi connectivity index (χ2n) is 3.78. The molecule has 2 nitrogen and oxygen atoms in total. The zero-order chi connectivity index (χ0) is 9.52. The van der Waals surface area contributed by atoms with E-state index in [9.17, 15) is 0 Å². The molecule has 0 aromatic rings. The Kier molecular flexibility index (Phi) is 5.09. The Morgan fingerprint density at radius 2 is 2.08 bits per heavy atom. The van der Waals surface area contributed by atoms with Crippen molar-refractivity contribution in [3.8, 4) is 0 Å². The van der Waals surface area contributed by atoms with E-state index >= 15 is 0 Å². The summed E-state index contributed by atoms with van der Waals surface area (Å²) >= 11 is 0. The molecule has 0 spiro atoms. The largest absolute Gasteiger partial charge is 0.330 e. The van der Waals surface area contributed by atoms with Crippen LogP contribution in [-0.2, 0) is 0 Å². The lowest BCUT2D eigenvalue weighted by Crippen LogP contribution is -2.32. The number of nitrogens with zero attached hydrogens (tertiary/aromatic N) is 1. The molecule has 0 unspecified atom stereocenters. The maximum Gasteiger partial charge on any atom is -0.00132 e. The molecule has 1 aliphatic rings. The van der Waals surface area contributed by atoms with E-state index in [2.05, 4.69) is 24.0 Å². The molecule has 13 heavy (non-hydrogen) atoms. The van der Waals surface area contributed by atoms with Crippen molar-refractivity contribution >= 4 is 0 Å². The quantitative estimate of drug-likeness (QED) is 0.669. The van der Waals surface area contributed by atoms with Crippen molar-refractivity contribution in [3.05, 3.63) is 12.2 Å². The highest BCUT2D eigenvalue weighted by molar-refractivity contribution is 4.91. The van der Waals surface area contributed by atoms with Crippen LogP contribution >= 0.6 is 0 Å². The fourth-order valence-electron chi connectivity index (χ4n) is 1.85. The predicted molar refractivity (Wildman–Crippen MR) is 57.6 cm³/mol. The van der Waals surface area contributed by atoms with Gasteiger partial charge in [0, 0.05) is 0 Å². The molecule has 2 heteroatoms. The van der Waals surface area contributed by atoms with Gasteiger partial charge in [0.25, 0.3) is 0 Å². The average Bonchev–Trinajstić information content (AvgIpc) is 2.19. The van der Waals surface area contributed by atoms with Crippen LogP contribution in [0.15, 0.2) is 12.2 Å². The Bertz CT molecular complexity index is 146. The molecule has 0 aromatic heterocycles. The summed E-state index contributed by atoms with van der Waals surface area (Å²) in [4.78, 5) is 2.52. The van der Waals surface area contributed by atoms with Gasteiger partial charge >= 0.3 is 0 Å². The van der Waals surface area contributed by atoms with E-state index in [0.29, 0.717) is 0 Å². The first-order valence-electron chi connectivity index (χ1n) is 5.46. The zero-order valence-electron chi connectivity index (χ0n) is 8.71. The van der Waals surface area contributed by atoms with Crippen molar-refractivity contribution < 1.29 is 0 Å². The smallest absolute Gasteiger partial charge is 0.00132 e. The molecule has 0 aromatic carbocycles. The summed E-state index contributed by atoms with van der Waals surface area (Å²) < 4.78 is 0. The standard InChI is InChI=1S/C11H22N2/c1-2-13-9-6-11(7-10-13)5-3-4-8-12/h3,5,11H,2,4,6-10,12H2,1H3/b5-3-. The fraction of sp³-hybridized carbons (Fsp3) is 0.818. The Hall–Kier alpha value is -0.340. The van der Waals surface area contributed by atoms with Gasteiger partial charge in [0.05, 0.1) is 0 Å². The van der Waals surface area contributed by atoms with E-state index in [1.165, 1.54) is 32.5 Å². The lowest BCUT2D eigenvalue weighted by atomic mass is 9.96. The van der Waals surface area contributed by atoms with E-state index in [0.717, 1.165) is 18.9 Å². The van der Waals surface area contributed by atoms with E-state index < -0.39 is 0 Å². The minimum absolute atomic E-state index is 0.782. The number of piperidine rings is 1. The van der Waals surface area contributed by atoms with E-state index in [1.54, 1.807) is 0 Å². The van der Waals surface area contributed by atoms with E-state index in [-0.39, 0.29) is 0 Å².